The summed E-state index contributed by atoms with van der Waals surface area (Å²) in [5.74, 6) is -2.32. The van der Waals surface area contributed by atoms with Gasteiger partial charge in [0.2, 0.25) is 0 Å². The zero-order valence-electron chi connectivity index (χ0n) is 19.7. The molecule has 178 valence electrons. The van der Waals surface area contributed by atoms with Crippen molar-refractivity contribution in [2.24, 2.45) is 0 Å². The maximum absolute atomic E-state index is 12.9. The number of hydrogen-bond donors (Lipinski definition) is 0. The summed E-state index contributed by atoms with van der Waals surface area (Å²) in [4.78, 5) is 60.7. The van der Waals surface area contributed by atoms with Crippen LogP contribution in [0.1, 0.15) is 63.7 Å². The molecule has 0 aliphatic heterocycles. The number of carbonyl (C=O) groups excluding carboxylic acids is 4. The average molecular weight is 479 g/mol. The van der Waals surface area contributed by atoms with Crippen molar-refractivity contribution in [2.45, 2.75) is 13.8 Å². The molecule has 0 spiro atoms. The molecule has 4 rings (SSSR count). The molecular formula is C30H22O6. The third-order valence-electron chi connectivity index (χ3n) is 5.86. The van der Waals surface area contributed by atoms with Crippen molar-refractivity contribution in [3.05, 3.63) is 142 Å². The molecule has 0 atom stereocenters. The van der Waals surface area contributed by atoms with E-state index in [-0.39, 0.29) is 22.7 Å². The Kier molecular flexibility index (Phi) is 7.16. The van der Waals surface area contributed by atoms with Crippen molar-refractivity contribution < 1.29 is 29.0 Å². The summed E-state index contributed by atoms with van der Waals surface area (Å²) in [5, 5.41) is 0. The fourth-order valence-electron chi connectivity index (χ4n) is 3.86. The summed E-state index contributed by atoms with van der Waals surface area (Å²) < 4.78 is 0. The Balaban J connectivity index is 1.50. The van der Waals surface area contributed by atoms with Gasteiger partial charge in [0, 0.05) is 22.3 Å². The molecule has 36 heavy (non-hydrogen) atoms. The minimum absolute atomic E-state index is 0.0920. The first-order valence-electron chi connectivity index (χ1n) is 11.2. The van der Waals surface area contributed by atoms with E-state index < -0.39 is 11.9 Å². The molecule has 6 heteroatoms. The van der Waals surface area contributed by atoms with Crippen LogP contribution in [0.5, 0.6) is 0 Å². The van der Waals surface area contributed by atoms with Gasteiger partial charge in [0.05, 0.1) is 11.1 Å². The molecule has 0 aliphatic rings. The zero-order valence-corrected chi connectivity index (χ0v) is 19.7. The maximum atomic E-state index is 12.9. The van der Waals surface area contributed by atoms with Crippen LogP contribution in [0.15, 0.2) is 97.1 Å². The van der Waals surface area contributed by atoms with Crippen LogP contribution in [0.4, 0.5) is 0 Å². The van der Waals surface area contributed by atoms with E-state index in [0.29, 0.717) is 33.4 Å². The third-order valence-corrected chi connectivity index (χ3v) is 5.86. The second-order valence-electron chi connectivity index (χ2n) is 8.09. The van der Waals surface area contributed by atoms with Crippen molar-refractivity contribution in [3.8, 4) is 0 Å². The minimum atomic E-state index is -0.919. The van der Waals surface area contributed by atoms with E-state index in [1.54, 1.807) is 98.8 Å². The van der Waals surface area contributed by atoms with Crippen molar-refractivity contribution in [1.29, 1.82) is 0 Å². The Morgan fingerprint density at radius 1 is 0.444 bits per heavy atom. The first-order chi connectivity index (χ1) is 17.4. The van der Waals surface area contributed by atoms with Crippen LogP contribution in [0.25, 0.3) is 0 Å². The van der Waals surface area contributed by atoms with Crippen molar-refractivity contribution in [2.75, 3.05) is 0 Å². The number of rotatable bonds is 6. The highest BCUT2D eigenvalue weighted by Gasteiger charge is 2.22. The minimum Gasteiger partial charge on any atom is -0.289 e. The predicted molar refractivity (Wildman–Crippen MR) is 133 cm³/mol. The molecule has 0 N–H and O–H groups in total. The van der Waals surface area contributed by atoms with Crippen molar-refractivity contribution in [1.82, 2.24) is 0 Å². The highest BCUT2D eigenvalue weighted by Crippen LogP contribution is 2.21. The van der Waals surface area contributed by atoms with E-state index in [9.17, 15) is 19.2 Å². The molecule has 4 aromatic carbocycles. The average Bonchev–Trinajstić information content (AvgIpc) is 2.92. The molecular weight excluding hydrogens is 456 g/mol. The van der Waals surface area contributed by atoms with Gasteiger partial charge < -0.3 is 0 Å². The highest BCUT2D eigenvalue weighted by atomic mass is 17.2. The number of hydrogen-bond acceptors (Lipinski definition) is 6. The predicted octanol–water partition coefficient (Wildman–Crippen LogP) is 5.69. The van der Waals surface area contributed by atoms with E-state index >= 15 is 0 Å². The summed E-state index contributed by atoms with van der Waals surface area (Å²) in [6, 6.07) is 26.7. The van der Waals surface area contributed by atoms with Crippen LogP contribution in [0, 0.1) is 13.8 Å². The first-order valence-corrected chi connectivity index (χ1v) is 11.2. The molecule has 0 heterocycles. The van der Waals surface area contributed by atoms with Gasteiger partial charge in [-0.05, 0) is 37.1 Å². The van der Waals surface area contributed by atoms with Gasteiger partial charge in [-0.25, -0.2) is 19.4 Å². The van der Waals surface area contributed by atoms with E-state index in [1.807, 2.05) is 0 Å². The summed E-state index contributed by atoms with van der Waals surface area (Å²) in [7, 11) is 0. The molecule has 0 radical (unpaired) electrons. The van der Waals surface area contributed by atoms with Crippen LogP contribution in [0.2, 0.25) is 0 Å². The number of carbonyl (C=O) groups is 4. The third kappa shape index (κ3) is 4.98. The number of ketones is 2. The second kappa shape index (κ2) is 10.6. The Morgan fingerprint density at radius 3 is 1.14 bits per heavy atom. The molecule has 0 fully saturated rings. The lowest BCUT2D eigenvalue weighted by atomic mass is 9.95. The lowest BCUT2D eigenvalue weighted by Crippen LogP contribution is -2.16. The monoisotopic (exact) mass is 478 g/mol. The molecule has 0 saturated heterocycles. The largest absolute Gasteiger partial charge is 0.386 e. The standard InChI is InChI=1S/C30H22O6/c1-19-23(27(31)21-11-5-3-6-12-21)15-9-17-25(19)29(33)35-36-30(34)26-18-10-16-24(20(26)2)28(32)22-13-7-4-8-14-22/h3-18H,1-2H3. The smallest absolute Gasteiger partial charge is 0.289 e. The molecule has 0 bridgehead atoms. The van der Waals surface area contributed by atoms with Crippen molar-refractivity contribution in [3.63, 3.8) is 0 Å². The van der Waals surface area contributed by atoms with Gasteiger partial charge in [-0.3, -0.25) is 9.59 Å². The van der Waals surface area contributed by atoms with Crippen LogP contribution in [0.3, 0.4) is 0 Å². The molecule has 0 saturated carbocycles. The SMILES string of the molecule is Cc1c(C(=O)OOC(=O)c2cccc(C(=O)c3ccccc3)c2C)cccc1C(=O)c1ccccc1. The van der Waals surface area contributed by atoms with Gasteiger partial charge in [0.15, 0.2) is 11.6 Å². The molecule has 0 aromatic heterocycles. The van der Waals surface area contributed by atoms with E-state index in [0.717, 1.165) is 0 Å². The number of benzene rings is 4. The van der Waals surface area contributed by atoms with Gasteiger partial charge in [-0.15, -0.1) is 0 Å². The van der Waals surface area contributed by atoms with Gasteiger partial charge >= 0.3 is 11.9 Å². The zero-order chi connectivity index (χ0) is 25.7. The van der Waals surface area contributed by atoms with Gasteiger partial charge in [0.25, 0.3) is 0 Å². The van der Waals surface area contributed by atoms with Gasteiger partial charge in [-0.1, -0.05) is 84.9 Å². The van der Waals surface area contributed by atoms with Crippen LogP contribution < -0.4 is 0 Å². The van der Waals surface area contributed by atoms with E-state index in [1.165, 1.54) is 12.1 Å². The summed E-state index contributed by atoms with van der Waals surface area (Å²) in [6.07, 6.45) is 0. The van der Waals surface area contributed by atoms with Crippen molar-refractivity contribution >= 4 is 23.5 Å². The van der Waals surface area contributed by atoms with E-state index in [4.69, 9.17) is 9.78 Å². The fourth-order valence-corrected chi connectivity index (χ4v) is 3.86. The molecule has 0 unspecified atom stereocenters. The van der Waals surface area contributed by atoms with Gasteiger partial charge in [0.1, 0.15) is 0 Å². The quantitative estimate of drug-likeness (QED) is 0.201. The fraction of sp³-hybridized carbons (Fsp3) is 0.0667. The summed E-state index contributed by atoms with van der Waals surface area (Å²) in [6.45, 7) is 3.24. The van der Waals surface area contributed by atoms with Crippen LogP contribution in [-0.4, -0.2) is 23.5 Å². The van der Waals surface area contributed by atoms with E-state index in [2.05, 4.69) is 0 Å². The van der Waals surface area contributed by atoms with Crippen LogP contribution >= 0.6 is 0 Å². The van der Waals surface area contributed by atoms with Gasteiger partial charge in [-0.2, -0.15) is 0 Å². The second-order valence-corrected chi connectivity index (χ2v) is 8.09. The lowest BCUT2D eigenvalue weighted by molar-refractivity contribution is -0.187. The Morgan fingerprint density at radius 2 is 0.778 bits per heavy atom. The van der Waals surface area contributed by atoms with Crippen LogP contribution in [-0.2, 0) is 9.78 Å². The summed E-state index contributed by atoms with van der Waals surface area (Å²) in [5.41, 5.74) is 2.63. The lowest BCUT2D eigenvalue weighted by Gasteiger charge is -2.11. The molecule has 0 aliphatic carbocycles. The molecule has 4 aromatic rings. The Hall–Kier alpha value is -4.84. The molecule has 6 nitrogen and oxygen atoms in total. The summed E-state index contributed by atoms with van der Waals surface area (Å²) >= 11 is 0. The Labute approximate surface area is 208 Å². The maximum Gasteiger partial charge on any atom is 0.386 e. The first kappa shape index (κ1) is 24.3. The molecule has 0 amide bonds. The normalized spacial score (nSPS) is 10.4. The Bertz CT molecular complexity index is 1340. The topological polar surface area (TPSA) is 86.7 Å². The highest BCUT2D eigenvalue weighted by molar-refractivity contribution is 6.12.